The highest BCUT2D eigenvalue weighted by molar-refractivity contribution is 5.94. The van der Waals surface area contributed by atoms with Crippen LogP contribution in [-0.4, -0.2) is 24.0 Å². The minimum Gasteiger partial charge on any atom is -0.370 e. The molecule has 1 aliphatic rings. The summed E-state index contributed by atoms with van der Waals surface area (Å²) < 4.78 is 0. The van der Waals surface area contributed by atoms with Crippen LogP contribution in [-0.2, 0) is 11.3 Å². The van der Waals surface area contributed by atoms with E-state index in [4.69, 9.17) is 0 Å². The molecule has 1 fully saturated rings. The molecule has 1 saturated heterocycles. The van der Waals surface area contributed by atoms with Gasteiger partial charge in [0.1, 0.15) is 6.07 Å². The lowest BCUT2D eigenvalue weighted by atomic mass is 9.94. The molecule has 0 saturated carbocycles. The standard InChI is InChI=1S/C24H24N4O/c1-17-6-8-18(9-7-17)15-27-24(29)19-10-12-28(13-11-19)23-20(14-25)16-26-22-5-3-2-4-21(22)23/h2-9,16,19H,10-13,15H2,1H3,(H,27,29). The Balaban J connectivity index is 1.42. The largest absolute Gasteiger partial charge is 0.370 e. The van der Waals surface area contributed by atoms with Crippen molar-refractivity contribution in [3.8, 4) is 6.07 Å². The van der Waals surface area contributed by atoms with Gasteiger partial charge in [-0.15, -0.1) is 0 Å². The maximum absolute atomic E-state index is 12.6. The van der Waals surface area contributed by atoms with Gasteiger partial charge in [-0.3, -0.25) is 9.78 Å². The molecule has 2 aromatic carbocycles. The van der Waals surface area contributed by atoms with Crippen LogP contribution >= 0.6 is 0 Å². The molecule has 4 rings (SSSR count). The van der Waals surface area contributed by atoms with E-state index in [1.54, 1.807) is 6.20 Å². The predicted octanol–water partition coefficient (Wildman–Crippen LogP) is 3.95. The third-order valence-corrected chi connectivity index (χ3v) is 5.64. The smallest absolute Gasteiger partial charge is 0.223 e. The van der Waals surface area contributed by atoms with E-state index in [0.29, 0.717) is 12.1 Å². The number of rotatable bonds is 4. The van der Waals surface area contributed by atoms with Crippen molar-refractivity contribution >= 4 is 22.5 Å². The molecule has 1 aromatic heterocycles. The number of benzene rings is 2. The first-order valence-electron chi connectivity index (χ1n) is 10.0. The van der Waals surface area contributed by atoms with Crippen molar-refractivity contribution in [3.63, 3.8) is 0 Å². The van der Waals surface area contributed by atoms with Gasteiger partial charge in [0.05, 0.1) is 16.8 Å². The summed E-state index contributed by atoms with van der Waals surface area (Å²) in [6.45, 7) is 4.13. The van der Waals surface area contributed by atoms with Crippen LogP contribution in [0.3, 0.4) is 0 Å². The molecular weight excluding hydrogens is 360 g/mol. The fourth-order valence-electron chi connectivity index (χ4n) is 3.95. The number of hydrogen-bond acceptors (Lipinski definition) is 4. The second kappa shape index (κ2) is 8.32. The zero-order valence-electron chi connectivity index (χ0n) is 16.6. The maximum Gasteiger partial charge on any atom is 0.223 e. The van der Waals surface area contributed by atoms with Crippen LogP contribution in [0, 0.1) is 24.2 Å². The molecule has 3 aromatic rings. The van der Waals surface area contributed by atoms with E-state index in [9.17, 15) is 10.1 Å². The Morgan fingerprint density at radius 3 is 2.62 bits per heavy atom. The van der Waals surface area contributed by atoms with Gasteiger partial charge in [0, 0.05) is 37.1 Å². The number of fused-ring (bicyclic) bond motifs is 1. The molecular formula is C24H24N4O. The molecule has 29 heavy (non-hydrogen) atoms. The van der Waals surface area contributed by atoms with Crippen LogP contribution in [0.25, 0.3) is 10.9 Å². The highest BCUT2D eigenvalue weighted by Crippen LogP contribution is 2.32. The van der Waals surface area contributed by atoms with Crippen LogP contribution in [0.5, 0.6) is 0 Å². The van der Waals surface area contributed by atoms with Gasteiger partial charge in [0.25, 0.3) is 0 Å². The van der Waals surface area contributed by atoms with Gasteiger partial charge in [0.15, 0.2) is 0 Å². The van der Waals surface area contributed by atoms with Gasteiger partial charge in [-0.1, -0.05) is 48.0 Å². The molecule has 0 spiro atoms. The van der Waals surface area contributed by atoms with Crippen molar-refractivity contribution < 1.29 is 4.79 Å². The summed E-state index contributed by atoms with van der Waals surface area (Å²) in [5, 5.41) is 13.6. The highest BCUT2D eigenvalue weighted by atomic mass is 16.1. The molecule has 1 N–H and O–H groups in total. The minimum absolute atomic E-state index is 0.00957. The molecule has 0 atom stereocenters. The van der Waals surface area contributed by atoms with E-state index in [2.05, 4.69) is 52.5 Å². The number of para-hydroxylation sites is 1. The van der Waals surface area contributed by atoms with Gasteiger partial charge in [-0.2, -0.15) is 5.26 Å². The number of nitriles is 1. The number of anilines is 1. The highest BCUT2D eigenvalue weighted by Gasteiger charge is 2.27. The van der Waals surface area contributed by atoms with Crippen molar-refractivity contribution in [3.05, 3.63) is 71.4 Å². The molecule has 0 bridgehead atoms. The number of carbonyl (C=O) groups excluding carboxylic acids is 1. The van der Waals surface area contributed by atoms with Crippen molar-refractivity contribution in [2.75, 3.05) is 18.0 Å². The van der Waals surface area contributed by atoms with Crippen molar-refractivity contribution in [2.24, 2.45) is 5.92 Å². The Bertz CT molecular complexity index is 1060. The lowest BCUT2D eigenvalue weighted by Crippen LogP contribution is -2.40. The molecule has 0 aliphatic carbocycles. The van der Waals surface area contributed by atoms with Gasteiger partial charge in [0.2, 0.25) is 5.91 Å². The summed E-state index contributed by atoms with van der Waals surface area (Å²) >= 11 is 0. The minimum atomic E-state index is 0.00957. The number of aromatic nitrogens is 1. The fraction of sp³-hybridized carbons (Fsp3) is 0.292. The number of nitrogens with one attached hydrogen (secondary N) is 1. The number of aryl methyl sites for hydroxylation is 1. The van der Waals surface area contributed by atoms with Gasteiger partial charge < -0.3 is 10.2 Å². The van der Waals surface area contributed by atoms with Gasteiger partial charge >= 0.3 is 0 Å². The predicted molar refractivity (Wildman–Crippen MR) is 114 cm³/mol. The quantitative estimate of drug-likeness (QED) is 0.740. The Morgan fingerprint density at radius 1 is 1.17 bits per heavy atom. The normalized spacial score (nSPS) is 14.6. The van der Waals surface area contributed by atoms with E-state index in [-0.39, 0.29) is 11.8 Å². The first-order valence-corrected chi connectivity index (χ1v) is 10.0. The topological polar surface area (TPSA) is 69.0 Å². The van der Waals surface area contributed by atoms with E-state index < -0.39 is 0 Å². The van der Waals surface area contributed by atoms with Gasteiger partial charge in [-0.25, -0.2) is 0 Å². The third-order valence-electron chi connectivity index (χ3n) is 5.64. The molecule has 146 valence electrons. The Morgan fingerprint density at radius 2 is 1.90 bits per heavy atom. The molecule has 0 radical (unpaired) electrons. The van der Waals surface area contributed by atoms with E-state index in [1.807, 2.05) is 24.3 Å². The lowest BCUT2D eigenvalue weighted by molar-refractivity contribution is -0.125. The lowest BCUT2D eigenvalue weighted by Gasteiger charge is -2.34. The maximum atomic E-state index is 12.6. The molecule has 5 heteroatoms. The average molecular weight is 384 g/mol. The van der Waals surface area contributed by atoms with Crippen LogP contribution < -0.4 is 10.2 Å². The number of nitrogens with zero attached hydrogens (tertiary/aromatic N) is 3. The van der Waals surface area contributed by atoms with E-state index in [0.717, 1.165) is 48.1 Å². The van der Waals surface area contributed by atoms with Crippen molar-refractivity contribution in [1.29, 1.82) is 5.26 Å². The van der Waals surface area contributed by atoms with E-state index >= 15 is 0 Å². The number of amides is 1. The van der Waals surface area contributed by atoms with Crippen molar-refractivity contribution in [2.45, 2.75) is 26.3 Å². The summed E-state index contributed by atoms with van der Waals surface area (Å²) in [6, 6.07) is 18.4. The average Bonchev–Trinajstić information content (AvgIpc) is 2.78. The van der Waals surface area contributed by atoms with Crippen LogP contribution in [0.15, 0.2) is 54.7 Å². The second-order valence-corrected chi connectivity index (χ2v) is 7.61. The molecule has 5 nitrogen and oxygen atoms in total. The van der Waals surface area contributed by atoms with Gasteiger partial charge in [-0.05, 0) is 31.4 Å². The summed E-state index contributed by atoms with van der Waals surface area (Å²) in [5.74, 6) is 0.126. The zero-order valence-corrected chi connectivity index (χ0v) is 16.6. The monoisotopic (exact) mass is 384 g/mol. The number of carbonyl (C=O) groups is 1. The number of pyridine rings is 1. The first-order chi connectivity index (χ1) is 14.2. The third kappa shape index (κ3) is 4.07. The number of piperidine rings is 1. The fourth-order valence-corrected chi connectivity index (χ4v) is 3.95. The molecule has 1 aliphatic heterocycles. The molecule has 0 unspecified atom stereocenters. The SMILES string of the molecule is Cc1ccc(CNC(=O)C2CCN(c3c(C#N)cnc4ccccc34)CC2)cc1. The number of hydrogen-bond donors (Lipinski definition) is 1. The van der Waals surface area contributed by atoms with Crippen LogP contribution in [0.2, 0.25) is 0 Å². The van der Waals surface area contributed by atoms with Crippen LogP contribution in [0.4, 0.5) is 5.69 Å². The summed E-state index contributed by atoms with van der Waals surface area (Å²) in [7, 11) is 0. The Hall–Kier alpha value is -3.39. The molecule has 2 heterocycles. The first kappa shape index (κ1) is 18.9. The Labute approximate surface area is 171 Å². The van der Waals surface area contributed by atoms with Crippen LogP contribution in [0.1, 0.15) is 29.5 Å². The summed E-state index contributed by atoms with van der Waals surface area (Å²) in [6.07, 6.45) is 3.21. The molecule has 1 amide bonds. The Kier molecular flexibility index (Phi) is 5.44. The second-order valence-electron chi connectivity index (χ2n) is 7.61. The van der Waals surface area contributed by atoms with E-state index in [1.165, 1.54) is 5.56 Å². The summed E-state index contributed by atoms with van der Waals surface area (Å²) in [4.78, 5) is 19.2. The zero-order chi connectivity index (χ0) is 20.2. The summed E-state index contributed by atoms with van der Waals surface area (Å²) in [5.41, 5.74) is 4.75. The van der Waals surface area contributed by atoms with Crippen molar-refractivity contribution in [1.82, 2.24) is 10.3 Å².